The summed E-state index contributed by atoms with van der Waals surface area (Å²) in [5, 5.41) is 12.3. The number of nitrogens with one attached hydrogen (secondary N) is 1. The second-order valence-electron chi connectivity index (χ2n) is 7.94. The van der Waals surface area contributed by atoms with Crippen molar-refractivity contribution in [3.8, 4) is 5.75 Å². The summed E-state index contributed by atoms with van der Waals surface area (Å²) in [5.74, 6) is 0.639. The van der Waals surface area contributed by atoms with Gasteiger partial charge in [0.1, 0.15) is 17.9 Å². The molecule has 0 bridgehead atoms. The van der Waals surface area contributed by atoms with Crippen LogP contribution in [-0.4, -0.2) is 27.5 Å². The molecule has 1 heterocycles. The van der Waals surface area contributed by atoms with Crippen LogP contribution in [0.5, 0.6) is 5.75 Å². The monoisotopic (exact) mass is 398 g/mol. The first-order chi connectivity index (χ1) is 13.8. The molecule has 1 atom stereocenters. The number of carbonyl (C=O) groups is 2. The lowest BCUT2D eigenvalue weighted by molar-refractivity contribution is -0.124. The normalized spacial score (nSPS) is 13.0. The van der Waals surface area contributed by atoms with Gasteiger partial charge in [-0.15, -0.1) is 0 Å². The van der Waals surface area contributed by atoms with Crippen LogP contribution in [0.25, 0.3) is 0 Å². The van der Waals surface area contributed by atoms with Crippen molar-refractivity contribution in [2.75, 3.05) is 0 Å². The zero-order chi connectivity index (χ0) is 21.3. The van der Waals surface area contributed by atoms with Crippen molar-refractivity contribution in [3.63, 3.8) is 0 Å². The molecule has 1 amide bonds. The van der Waals surface area contributed by atoms with Gasteiger partial charge in [0, 0.05) is 25.2 Å². The quantitative estimate of drug-likeness (QED) is 0.619. The summed E-state index contributed by atoms with van der Waals surface area (Å²) in [6, 6.07) is 10.2. The molecule has 29 heavy (non-hydrogen) atoms. The van der Waals surface area contributed by atoms with Gasteiger partial charge in [0.15, 0.2) is 5.78 Å². The van der Waals surface area contributed by atoms with Gasteiger partial charge in [0.05, 0.1) is 0 Å². The smallest absolute Gasteiger partial charge is 0.408 e. The van der Waals surface area contributed by atoms with Crippen LogP contribution in [0.2, 0.25) is 0 Å². The van der Waals surface area contributed by atoms with Gasteiger partial charge in [-0.3, -0.25) is 9.78 Å². The predicted octanol–water partition coefficient (Wildman–Crippen LogP) is 4.41. The first kappa shape index (κ1) is 22.4. The molecule has 6 heteroatoms. The molecule has 156 valence electrons. The number of aromatic nitrogens is 1. The summed E-state index contributed by atoms with van der Waals surface area (Å²) in [7, 11) is 0. The molecule has 2 aromatic rings. The van der Waals surface area contributed by atoms with Crippen LogP contribution in [-0.2, 0) is 22.6 Å². The number of aromatic hydroxyl groups is 1. The van der Waals surface area contributed by atoms with Gasteiger partial charge >= 0.3 is 6.09 Å². The number of benzene rings is 1. The highest BCUT2D eigenvalue weighted by molar-refractivity contribution is 5.91. The highest BCUT2D eigenvalue weighted by atomic mass is 16.5. The Morgan fingerprint density at radius 2 is 1.76 bits per heavy atom. The predicted molar refractivity (Wildman–Crippen MR) is 111 cm³/mol. The fourth-order valence-electron chi connectivity index (χ4n) is 3.07. The molecule has 2 N–H and O–H groups in total. The third-order valence-corrected chi connectivity index (χ3v) is 4.79. The third-order valence-electron chi connectivity index (χ3n) is 4.79. The van der Waals surface area contributed by atoms with E-state index in [9.17, 15) is 14.7 Å². The summed E-state index contributed by atoms with van der Waals surface area (Å²) in [5.41, 5.74) is 0.569. The van der Waals surface area contributed by atoms with E-state index in [4.69, 9.17) is 4.74 Å². The van der Waals surface area contributed by atoms with Crippen LogP contribution < -0.4 is 5.32 Å². The third kappa shape index (κ3) is 7.56. The van der Waals surface area contributed by atoms with Gasteiger partial charge in [0.25, 0.3) is 0 Å². The Morgan fingerprint density at radius 3 is 2.38 bits per heavy atom. The molecule has 1 aromatic heterocycles. The van der Waals surface area contributed by atoms with Gasteiger partial charge in [-0.1, -0.05) is 32.4 Å². The van der Waals surface area contributed by atoms with Gasteiger partial charge in [0.2, 0.25) is 0 Å². The summed E-state index contributed by atoms with van der Waals surface area (Å²) in [4.78, 5) is 29.4. The molecular formula is C23H30N2O4. The number of hydrogen-bond acceptors (Lipinski definition) is 5. The van der Waals surface area contributed by atoms with Crippen LogP contribution in [0.15, 0.2) is 48.8 Å². The second kappa shape index (κ2) is 10.6. The minimum Gasteiger partial charge on any atom is -0.508 e. The zero-order valence-corrected chi connectivity index (χ0v) is 17.4. The maximum atomic E-state index is 13.0. The van der Waals surface area contributed by atoms with Crippen molar-refractivity contribution in [3.05, 3.63) is 59.9 Å². The highest BCUT2D eigenvalue weighted by Gasteiger charge is 2.35. The number of hydrogen-bond donors (Lipinski definition) is 2. The van der Waals surface area contributed by atoms with E-state index < -0.39 is 11.6 Å². The van der Waals surface area contributed by atoms with E-state index in [1.54, 1.807) is 55.7 Å². The molecule has 0 aliphatic rings. The van der Waals surface area contributed by atoms with Gasteiger partial charge in [-0.2, -0.15) is 0 Å². The number of alkyl carbamates (subject to hydrolysis) is 1. The second-order valence-corrected chi connectivity index (χ2v) is 7.94. The summed E-state index contributed by atoms with van der Waals surface area (Å²) in [6.45, 7) is 6.07. The SMILES string of the molecule is CC(C)CCCC(=O)[C@](C)(Cc1ccc(O)cc1)NC(=O)OCc1ccncc1. The lowest BCUT2D eigenvalue weighted by Gasteiger charge is -2.29. The Bertz CT molecular complexity index is 790. The van der Waals surface area contributed by atoms with Crippen molar-refractivity contribution >= 4 is 11.9 Å². The first-order valence-electron chi connectivity index (χ1n) is 9.93. The maximum absolute atomic E-state index is 13.0. The number of phenolic OH excluding ortho intramolecular Hbond substituents is 1. The van der Waals surface area contributed by atoms with Crippen LogP contribution >= 0.6 is 0 Å². The molecule has 1 aromatic carbocycles. The van der Waals surface area contributed by atoms with E-state index in [2.05, 4.69) is 24.1 Å². The highest BCUT2D eigenvalue weighted by Crippen LogP contribution is 2.21. The Labute approximate surface area is 172 Å². The van der Waals surface area contributed by atoms with Crippen molar-refractivity contribution < 1.29 is 19.4 Å². The van der Waals surface area contributed by atoms with E-state index in [0.717, 1.165) is 24.0 Å². The fraction of sp³-hybridized carbons (Fsp3) is 0.435. The van der Waals surface area contributed by atoms with Crippen LogP contribution in [0.3, 0.4) is 0 Å². The summed E-state index contributed by atoms with van der Waals surface area (Å²) in [6.07, 6.45) is 5.05. The average molecular weight is 399 g/mol. The number of Topliss-reactive ketones (excluding diaryl/α,β-unsaturated/α-hetero) is 1. The number of nitrogens with zero attached hydrogens (tertiary/aromatic N) is 1. The van der Waals surface area contributed by atoms with Crippen LogP contribution in [0.4, 0.5) is 4.79 Å². The van der Waals surface area contributed by atoms with Crippen molar-refractivity contribution in [1.82, 2.24) is 10.3 Å². The van der Waals surface area contributed by atoms with E-state index >= 15 is 0 Å². The van der Waals surface area contributed by atoms with Crippen molar-refractivity contribution in [2.45, 2.75) is 58.6 Å². The number of carbonyl (C=O) groups excluding carboxylic acids is 2. The topological polar surface area (TPSA) is 88.5 Å². The Kier molecular flexibility index (Phi) is 8.19. The number of phenols is 1. The van der Waals surface area contributed by atoms with Gasteiger partial charge in [-0.05, 0) is 54.7 Å². The van der Waals surface area contributed by atoms with Crippen molar-refractivity contribution in [1.29, 1.82) is 0 Å². The van der Waals surface area contributed by atoms with Crippen molar-refractivity contribution in [2.24, 2.45) is 5.92 Å². The summed E-state index contributed by atoms with van der Waals surface area (Å²) < 4.78 is 5.30. The standard InChI is InChI=1S/C23H30N2O4/c1-17(2)5-4-6-21(27)23(3,15-18-7-9-20(26)10-8-18)25-22(28)29-16-19-11-13-24-14-12-19/h7-14,17,26H,4-6,15-16H2,1-3H3,(H,25,28)/t23-/m0/s1. The average Bonchev–Trinajstić information content (AvgIpc) is 2.68. The molecule has 0 unspecified atom stereocenters. The zero-order valence-electron chi connectivity index (χ0n) is 17.4. The molecule has 0 aliphatic carbocycles. The largest absolute Gasteiger partial charge is 0.508 e. The van der Waals surface area contributed by atoms with E-state index in [1.807, 2.05) is 0 Å². The molecule has 0 saturated carbocycles. The van der Waals surface area contributed by atoms with Gasteiger partial charge < -0.3 is 15.2 Å². The molecular weight excluding hydrogens is 368 g/mol. The molecule has 2 rings (SSSR count). The summed E-state index contributed by atoms with van der Waals surface area (Å²) >= 11 is 0. The fourth-order valence-corrected chi connectivity index (χ4v) is 3.07. The molecule has 0 fully saturated rings. The minimum atomic E-state index is -1.09. The molecule has 0 aliphatic heterocycles. The Morgan fingerprint density at radius 1 is 1.10 bits per heavy atom. The van der Waals surface area contributed by atoms with E-state index in [1.165, 1.54) is 0 Å². The van der Waals surface area contributed by atoms with E-state index in [0.29, 0.717) is 18.8 Å². The van der Waals surface area contributed by atoms with Gasteiger partial charge in [-0.25, -0.2) is 4.79 Å². The lowest BCUT2D eigenvalue weighted by atomic mass is 9.85. The first-order valence-corrected chi connectivity index (χ1v) is 9.93. The number of pyridine rings is 1. The van der Waals surface area contributed by atoms with E-state index in [-0.39, 0.29) is 18.1 Å². The molecule has 6 nitrogen and oxygen atoms in total. The Hall–Kier alpha value is -2.89. The number of amides is 1. The number of ether oxygens (including phenoxy) is 1. The molecule has 0 radical (unpaired) electrons. The van der Waals surface area contributed by atoms with Crippen LogP contribution in [0, 0.1) is 5.92 Å². The number of ketones is 1. The number of rotatable bonds is 10. The molecule has 0 saturated heterocycles. The lowest BCUT2D eigenvalue weighted by Crippen LogP contribution is -2.54. The van der Waals surface area contributed by atoms with Crippen LogP contribution in [0.1, 0.15) is 51.2 Å². The molecule has 0 spiro atoms. The Balaban J connectivity index is 2.06. The minimum absolute atomic E-state index is 0.0351. The maximum Gasteiger partial charge on any atom is 0.408 e.